The van der Waals surface area contributed by atoms with Gasteiger partial charge in [0.1, 0.15) is 0 Å². The van der Waals surface area contributed by atoms with Gasteiger partial charge >= 0.3 is 5.97 Å². The molecule has 1 aromatic heterocycles. The predicted octanol–water partition coefficient (Wildman–Crippen LogP) is 0.491. The normalized spacial score (nSPS) is 11.4. The van der Waals surface area contributed by atoms with Crippen LogP contribution in [0.1, 0.15) is 33.5 Å². The van der Waals surface area contributed by atoms with Gasteiger partial charge < -0.3 is 4.74 Å². The van der Waals surface area contributed by atoms with Crippen LogP contribution in [0.5, 0.6) is 0 Å². The van der Waals surface area contributed by atoms with Crippen LogP contribution in [0.4, 0.5) is 0 Å². The molecule has 0 spiro atoms. The summed E-state index contributed by atoms with van der Waals surface area (Å²) in [4.78, 5) is 12.0. The zero-order chi connectivity index (χ0) is 10.8. The molecular weight excluding hydrogens is 184 g/mol. The van der Waals surface area contributed by atoms with Crippen molar-refractivity contribution in [2.24, 2.45) is 0 Å². The lowest BCUT2D eigenvalue weighted by atomic mass is 10.1. The van der Waals surface area contributed by atoms with Gasteiger partial charge in [0.25, 0.3) is 0 Å². The van der Waals surface area contributed by atoms with Crippen LogP contribution < -0.4 is 0 Å². The molecule has 0 aliphatic carbocycles. The topological polar surface area (TPSA) is 69.9 Å². The summed E-state index contributed by atoms with van der Waals surface area (Å²) >= 11 is 0. The molecule has 0 saturated carbocycles. The highest BCUT2D eigenvalue weighted by molar-refractivity contribution is 5.65. The molecule has 0 unspecified atom stereocenters. The zero-order valence-corrected chi connectivity index (χ0v) is 8.81. The van der Waals surface area contributed by atoms with Crippen LogP contribution in [0.2, 0.25) is 0 Å². The molecule has 0 fully saturated rings. The SMILES string of the molecule is CC(=O)OCc1nnn(C(C)(C)C)n1. The quantitative estimate of drug-likeness (QED) is 0.647. The summed E-state index contributed by atoms with van der Waals surface area (Å²) in [5, 5.41) is 11.7. The smallest absolute Gasteiger partial charge is 0.303 e. The molecule has 1 aromatic rings. The Kier molecular flexibility index (Phi) is 2.83. The number of carbonyl (C=O) groups excluding carboxylic acids is 1. The van der Waals surface area contributed by atoms with E-state index in [4.69, 9.17) is 4.74 Å². The van der Waals surface area contributed by atoms with Crippen LogP contribution >= 0.6 is 0 Å². The minimum Gasteiger partial charge on any atom is -0.457 e. The van der Waals surface area contributed by atoms with Crippen molar-refractivity contribution in [1.29, 1.82) is 0 Å². The standard InChI is InChI=1S/C8H14N4O2/c1-6(13)14-5-7-9-11-12(10-7)8(2,3)4/h5H2,1-4H3. The molecule has 14 heavy (non-hydrogen) atoms. The van der Waals surface area contributed by atoms with Crippen molar-refractivity contribution in [2.75, 3.05) is 0 Å². The maximum absolute atomic E-state index is 10.5. The molecule has 0 atom stereocenters. The van der Waals surface area contributed by atoms with E-state index < -0.39 is 0 Å². The lowest BCUT2D eigenvalue weighted by Crippen LogP contribution is -2.24. The maximum Gasteiger partial charge on any atom is 0.303 e. The average Bonchev–Trinajstić information content (AvgIpc) is 2.47. The summed E-state index contributed by atoms with van der Waals surface area (Å²) in [5.74, 6) is 0.0623. The highest BCUT2D eigenvalue weighted by atomic mass is 16.5. The Labute approximate surface area is 82.2 Å². The number of hydrogen-bond donors (Lipinski definition) is 0. The summed E-state index contributed by atoms with van der Waals surface area (Å²) in [7, 11) is 0. The maximum atomic E-state index is 10.5. The fraction of sp³-hybridized carbons (Fsp3) is 0.750. The lowest BCUT2D eigenvalue weighted by molar-refractivity contribution is -0.142. The minimum absolute atomic E-state index is 0.0748. The number of nitrogens with zero attached hydrogens (tertiary/aromatic N) is 4. The van der Waals surface area contributed by atoms with Gasteiger partial charge in [-0.05, 0) is 26.0 Å². The minimum atomic E-state index is -0.350. The molecule has 1 heterocycles. The van der Waals surface area contributed by atoms with Gasteiger partial charge in [0, 0.05) is 6.92 Å². The van der Waals surface area contributed by atoms with Gasteiger partial charge in [-0.2, -0.15) is 4.80 Å². The van der Waals surface area contributed by atoms with Gasteiger partial charge in [-0.3, -0.25) is 4.79 Å². The molecule has 0 bridgehead atoms. The van der Waals surface area contributed by atoms with E-state index in [1.807, 2.05) is 20.8 Å². The Morgan fingerprint density at radius 1 is 1.50 bits per heavy atom. The second-order valence-corrected chi connectivity index (χ2v) is 3.95. The second-order valence-electron chi connectivity index (χ2n) is 3.95. The van der Waals surface area contributed by atoms with E-state index in [9.17, 15) is 4.79 Å². The van der Waals surface area contributed by atoms with Crippen LogP contribution in [-0.2, 0) is 21.7 Å². The molecule has 0 saturated heterocycles. The number of rotatable bonds is 2. The number of esters is 1. The molecule has 0 aliphatic rings. The van der Waals surface area contributed by atoms with Gasteiger partial charge in [0.2, 0.25) is 5.82 Å². The van der Waals surface area contributed by atoms with Gasteiger partial charge in [0.05, 0.1) is 5.54 Å². The first-order chi connectivity index (χ1) is 6.39. The van der Waals surface area contributed by atoms with Crippen LogP contribution in [0.15, 0.2) is 0 Å². The molecule has 1 rings (SSSR count). The van der Waals surface area contributed by atoms with Crippen LogP contribution in [0.25, 0.3) is 0 Å². The first-order valence-electron chi connectivity index (χ1n) is 4.32. The molecular formula is C8H14N4O2. The van der Waals surface area contributed by atoms with E-state index in [1.54, 1.807) is 0 Å². The molecule has 0 amide bonds. The van der Waals surface area contributed by atoms with Crippen LogP contribution in [0.3, 0.4) is 0 Å². The third-order valence-corrected chi connectivity index (χ3v) is 1.46. The zero-order valence-electron chi connectivity index (χ0n) is 8.81. The van der Waals surface area contributed by atoms with Crippen LogP contribution in [0, 0.1) is 0 Å². The molecule has 6 heteroatoms. The Balaban J connectivity index is 2.64. The van der Waals surface area contributed by atoms with Crippen molar-refractivity contribution in [3.05, 3.63) is 5.82 Å². The first kappa shape index (κ1) is 10.6. The lowest BCUT2D eigenvalue weighted by Gasteiger charge is -2.15. The highest BCUT2D eigenvalue weighted by Gasteiger charge is 2.16. The van der Waals surface area contributed by atoms with E-state index in [2.05, 4.69) is 15.4 Å². The van der Waals surface area contributed by atoms with Crippen molar-refractivity contribution < 1.29 is 9.53 Å². The van der Waals surface area contributed by atoms with Crippen molar-refractivity contribution in [1.82, 2.24) is 20.2 Å². The molecule has 0 aromatic carbocycles. The largest absolute Gasteiger partial charge is 0.457 e. The number of carbonyl (C=O) groups is 1. The number of hydrogen-bond acceptors (Lipinski definition) is 5. The summed E-state index contributed by atoms with van der Waals surface area (Å²) < 4.78 is 4.74. The second kappa shape index (κ2) is 3.73. The van der Waals surface area contributed by atoms with Crippen LogP contribution in [-0.4, -0.2) is 26.2 Å². The monoisotopic (exact) mass is 198 g/mol. The Hall–Kier alpha value is -1.46. The van der Waals surface area contributed by atoms with E-state index in [-0.39, 0.29) is 18.1 Å². The highest BCUT2D eigenvalue weighted by Crippen LogP contribution is 2.09. The van der Waals surface area contributed by atoms with E-state index in [0.717, 1.165) is 0 Å². The van der Waals surface area contributed by atoms with Crippen molar-refractivity contribution >= 4 is 5.97 Å². The van der Waals surface area contributed by atoms with Crippen molar-refractivity contribution in [3.8, 4) is 0 Å². The molecule has 6 nitrogen and oxygen atoms in total. The summed E-state index contributed by atoms with van der Waals surface area (Å²) in [5.41, 5.74) is -0.207. The predicted molar refractivity (Wildman–Crippen MR) is 48.3 cm³/mol. The fourth-order valence-corrected chi connectivity index (χ4v) is 0.751. The van der Waals surface area contributed by atoms with Gasteiger partial charge in [0.15, 0.2) is 6.61 Å². The molecule has 0 aliphatic heterocycles. The summed E-state index contributed by atoms with van der Waals surface area (Å²) in [6, 6.07) is 0. The Morgan fingerprint density at radius 2 is 2.14 bits per heavy atom. The molecule has 0 radical (unpaired) electrons. The van der Waals surface area contributed by atoms with Gasteiger partial charge in [-0.15, -0.1) is 10.2 Å². The van der Waals surface area contributed by atoms with Gasteiger partial charge in [-0.1, -0.05) is 0 Å². The van der Waals surface area contributed by atoms with Crippen molar-refractivity contribution in [2.45, 2.75) is 39.8 Å². The molecule has 78 valence electrons. The van der Waals surface area contributed by atoms with E-state index in [0.29, 0.717) is 5.82 Å². The van der Waals surface area contributed by atoms with E-state index in [1.165, 1.54) is 11.7 Å². The fourth-order valence-electron chi connectivity index (χ4n) is 0.751. The van der Waals surface area contributed by atoms with E-state index >= 15 is 0 Å². The molecule has 0 N–H and O–H groups in total. The Morgan fingerprint density at radius 3 is 2.57 bits per heavy atom. The summed E-state index contributed by atoms with van der Waals surface area (Å²) in [6.45, 7) is 7.30. The summed E-state index contributed by atoms with van der Waals surface area (Å²) in [6.07, 6.45) is 0. The third kappa shape index (κ3) is 2.79. The van der Waals surface area contributed by atoms with Gasteiger partial charge in [-0.25, -0.2) is 0 Å². The Bertz CT molecular complexity index is 326. The number of tetrazole rings is 1. The number of ether oxygens (including phenoxy) is 1. The average molecular weight is 198 g/mol. The number of aromatic nitrogens is 4. The third-order valence-electron chi connectivity index (χ3n) is 1.46. The first-order valence-corrected chi connectivity index (χ1v) is 4.32. The van der Waals surface area contributed by atoms with Crippen molar-refractivity contribution in [3.63, 3.8) is 0 Å².